The number of benzene rings is 2. The Bertz CT molecular complexity index is 1100. The van der Waals surface area contributed by atoms with Crippen LogP contribution < -0.4 is 0 Å². The van der Waals surface area contributed by atoms with Gasteiger partial charge in [-0.2, -0.15) is 5.26 Å². The minimum absolute atomic E-state index is 0.198. The Kier molecular flexibility index (Phi) is 14.3. The van der Waals surface area contributed by atoms with Crippen molar-refractivity contribution in [1.82, 2.24) is 4.98 Å². The summed E-state index contributed by atoms with van der Waals surface area (Å²) in [7, 11) is 0. The first-order valence-corrected chi connectivity index (χ1v) is 12.3. The van der Waals surface area contributed by atoms with Gasteiger partial charge in [0.15, 0.2) is 0 Å². The van der Waals surface area contributed by atoms with Gasteiger partial charge in [-0.15, -0.1) is 6.58 Å². The van der Waals surface area contributed by atoms with Crippen LogP contribution in [0.25, 0.3) is 11.3 Å². The molecule has 0 aliphatic carbocycles. The molecule has 3 aromatic rings. The van der Waals surface area contributed by atoms with E-state index in [9.17, 15) is 9.65 Å². The number of rotatable bonds is 9. The molecule has 184 valence electrons. The van der Waals surface area contributed by atoms with Crippen molar-refractivity contribution in [3.8, 4) is 17.3 Å². The number of carbonyl (C=O) groups is 1. The number of aldehydes is 1. The van der Waals surface area contributed by atoms with Crippen LogP contribution in [0.1, 0.15) is 75.3 Å². The molecule has 0 radical (unpaired) electrons. The van der Waals surface area contributed by atoms with E-state index in [4.69, 9.17) is 9.78 Å². The highest BCUT2D eigenvalue weighted by Crippen LogP contribution is 2.30. The number of aromatic nitrogens is 1. The average molecular weight is 473 g/mol. The monoisotopic (exact) mass is 472 g/mol. The van der Waals surface area contributed by atoms with Crippen molar-refractivity contribution in [3.63, 3.8) is 0 Å². The Hall–Kier alpha value is -3.58. The fourth-order valence-electron chi connectivity index (χ4n) is 3.87. The molecule has 0 saturated heterocycles. The van der Waals surface area contributed by atoms with Crippen molar-refractivity contribution in [2.75, 3.05) is 0 Å². The van der Waals surface area contributed by atoms with E-state index in [2.05, 4.69) is 25.6 Å². The van der Waals surface area contributed by atoms with Crippen molar-refractivity contribution in [3.05, 3.63) is 102 Å². The number of pyridine rings is 1. The fraction of sp³-hybridized carbons (Fsp3) is 0.323. The molecule has 0 aliphatic heterocycles. The molecule has 2 aromatic carbocycles. The Labute approximate surface area is 210 Å². The molecule has 0 bridgehead atoms. The molecular weight excluding hydrogens is 435 g/mol. The summed E-state index contributed by atoms with van der Waals surface area (Å²) in [4.78, 5) is 13.8. The Morgan fingerprint density at radius 2 is 1.80 bits per heavy atom. The van der Waals surface area contributed by atoms with Crippen molar-refractivity contribution in [1.29, 1.82) is 5.26 Å². The summed E-state index contributed by atoms with van der Waals surface area (Å²) in [5.74, 6) is 0.0584. The lowest BCUT2D eigenvalue weighted by Crippen LogP contribution is -2.05. The summed E-state index contributed by atoms with van der Waals surface area (Å²) in [5.41, 5.74) is 5.52. The zero-order valence-electron chi connectivity index (χ0n) is 21.4. The molecule has 0 spiro atoms. The smallest absolute Gasteiger partial charge is 0.123 e. The Morgan fingerprint density at radius 1 is 1.09 bits per heavy atom. The number of carbonyl (C=O) groups excluding carboxylic acids is 1. The molecule has 1 heterocycles. The summed E-state index contributed by atoms with van der Waals surface area (Å²) in [6.07, 6.45) is 7.31. The van der Waals surface area contributed by atoms with E-state index in [1.165, 1.54) is 18.6 Å². The molecule has 0 N–H and O–H groups in total. The third-order valence-electron chi connectivity index (χ3n) is 5.38. The van der Waals surface area contributed by atoms with Gasteiger partial charge in [0.2, 0.25) is 0 Å². The van der Waals surface area contributed by atoms with Crippen molar-refractivity contribution >= 4 is 6.29 Å². The molecular formula is C31H37FN2O. The van der Waals surface area contributed by atoms with Crippen LogP contribution in [0.2, 0.25) is 0 Å². The van der Waals surface area contributed by atoms with Crippen LogP contribution in [0.5, 0.6) is 0 Å². The molecule has 0 fully saturated rings. The molecule has 1 aromatic heterocycles. The van der Waals surface area contributed by atoms with E-state index in [0.717, 1.165) is 60.9 Å². The predicted octanol–water partition coefficient (Wildman–Crippen LogP) is 8.24. The van der Waals surface area contributed by atoms with E-state index in [1.54, 1.807) is 12.1 Å². The maximum absolute atomic E-state index is 13.5. The predicted molar refractivity (Wildman–Crippen MR) is 144 cm³/mol. The third kappa shape index (κ3) is 9.29. The van der Waals surface area contributed by atoms with Gasteiger partial charge in [-0.3, -0.25) is 4.98 Å². The molecule has 0 amide bonds. The van der Waals surface area contributed by atoms with Crippen molar-refractivity contribution < 1.29 is 9.18 Å². The van der Waals surface area contributed by atoms with Crippen LogP contribution in [-0.2, 0) is 17.6 Å². The van der Waals surface area contributed by atoms with Crippen LogP contribution >= 0.6 is 0 Å². The summed E-state index contributed by atoms with van der Waals surface area (Å²) < 4.78 is 13.5. The lowest BCUT2D eigenvalue weighted by molar-refractivity contribution is -0.106. The average Bonchev–Trinajstić information content (AvgIpc) is 2.89. The second-order valence-electron chi connectivity index (χ2n) is 7.74. The lowest BCUT2D eigenvalue weighted by Gasteiger charge is -2.18. The van der Waals surface area contributed by atoms with E-state index in [1.807, 2.05) is 56.3 Å². The van der Waals surface area contributed by atoms with Gasteiger partial charge in [-0.05, 0) is 68.0 Å². The number of nitriles is 1. The van der Waals surface area contributed by atoms with Gasteiger partial charge in [0.25, 0.3) is 0 Å². The number of allylic oxidation sites excluding steroid dienone is 1. The lowest BCUT2D eigenvalue weighted by atomic mass is 9.90. The van der Waals surface area contributed by atoms with Gasteiger partial charge >= 0.3 is 0 Å². The summed E-state index contributed by atoms with van der Waals surface area (Å²) in [6.45, 7) is 11.6. The minimum atomic E-state index is -0.198. The number of hydrogen-bond donors (Lipinski definition) is 0. The zero-order chi connectivity index (χ0) is 26.1. The fourth-order valence-corrected chi connectivity index (χ4v) is 3.87. The van der Waals surface area contributed by atoms with E-state index < -0.39 is 0 Å². The van der Waals surface area contributed by atoms with Crippen molar-refractivity contribution in [2.24, 2.45) is 0 Å². The maximum Gasteiger partial charge on any atom is 0.123 e. The highest BCUT2D eigenvalue weighted by Gasteiger charge is 2.15. The Balaban J connectivity index is 0.00000114. The van der Waals surface area contributed by atoms with E-state index in [-0.39, 0.29) is 11.7 Å². The SMILES string of the molecule is C=CC(CCC)c1ccc(-c2ccccc2C#N)nc1CCCc1cccc(F)c1.CC.CC=O. The van der Waals surface area contributed by atoms with Gasteiger partial charge < -0.3 is 4.79 Å². The topological polar surface area (TPSA) is 53.8 Å². The van der Waals surface area contributed by atoms with E-state index in [0.29, 0.717) is 5.56 Å². The van der Waals surface area contributed by atoms with Crippen LogP contribution in [0.4, 0.5) is 4.39 Å². The highest BCUT2D eigenvalue weighted by molar-refractivity contribution is 5.67. The van der Waals surface area contributed by atoms with Gasteiger partial charge in [0.05, 0.1) is 17.3 Å². The maximum atomic E-state index is 13.5. The zero-order valence-corrected chi connectivity index (χ0v) is 21.4. The van der Waals surface area contributed by atoms with Gasteiger partial charge in [-0.1, -0.05) is 69.7 Å². The number of nitrogens with zero attached hydrogens (tertiary/aromatic N) is 2. The molecule has 1 unspecified atom stereocenters. The molecule has 1 atom stereocenters. The van der Waals surface area contributed by atoms with Crippen LogP contribution in [0.15, 0.2) is 73.3 Å². The van der Waals surface area contributed by atoms with E-state index >= 15 is 0 Å². The van der Waals surface area contributed by atoms with Crippen LogP contribution in [0.3, 0.4) is 0 Å². The minimum Gasteiger partial charge on any atom is -0.304 e. The number of aryl methyl sites for hydroxylation is 2. The van der Waals surface area contributed by atoms with Gasteiger partial charge in [0, 0.05) is 17.2 Å². The number of hydrogen-bond acceptors (Lipinski definition) is 3. The third-order valence-corrected chi connectivity index (χ3v) is 5.38. The number of halogens is 1. The quantitative estimate of drug-likeness (QED) is 0.233. The summed E-state index contributed by atoms with van der Waals surface area (Å²) >= 11 is 0. The van der Waals surface area contributed by atoms with Gasteiger partial charge in [-0.25, -0.2) is 4.39 Å². The molecule has 4 heteroatoms. The van der Waals surface area contributed by atoms with Crippen LogP contribution in [0, 0.1) is 17.1 Å². The first-order chi connectivity index (χ1) is 17.1. The second kappa shape index (κ2) is 16.9. The normalized spacial score (nSPS) is 10.5. The van der Waals surface area contributed by atoms with Gasteiger partial charge in [0.1, 0.15) is 12.1 Å². The molecule has 35 heavy (non-hydrogen) atoms. The first-order valence-electron chi connectivity index (χ1n) is 12.3. The highest BCUT2D eigenvalue weighted by atomic mass is 19.1. The largest absolute Gasteiger partial charge is 0.304 e. The standard InChI is InChI=1S/C27H27FN2.C2H4O.C2H6/c1-3-9-21(4-2)25-16-17-27(24-14-6-5-12-22(24)19-29)30-26(25)15-8-11-20-10-7-13-23(28)18-20;1-2-3;1-2/h4-7,10,12-14,16-18,21H,2-3,8-9,11,15H2,1H3;2H,1H3;1-2H3. The summed E-state index contributed by atoms with van der Waals surface area (Å²) in [6, 6.07) is 20.7. The molecule has 0 saturated carbocycles. The molecule has 3 rings (SSSR count). The molecule has 0 aliphatic rings. The van der Waals surface area contributed by atoms with Crippen molar-refractivity contribution in [2.45, 2.75) is 65.7 Å². The Morgan fingerprint density at radius 3 is 2.43 bits per heavy atom. The second-order valence-corrected chi connectivity index (χ2v) is 7.74. The molecule has 3 nitrogen and oxygen atoms in total. The first kappa shape index (κ1) is 29.5. The summed E-state index contributed by atoms with van der Waals surface area (Å²) in [5, 5.41) is 9.47. The van der Waals surface area contributed by atoms with Crippen LogP contribution in [-0.4, -0.2) is 11.3 Å².